The minimum absolute atomic E-state index is 0.254. The highest BCUT2D eigenvalue weighted by Gasteiger charge is 2.40. The van der Waals surface area contributed by atoms with E-state index in [1.807, 2.05) is 4.90 Å². The molecule has 0 aliphatic carbocycles. The molecule has 2 aliphatic heterocycles. The first-order chi connectivity index (χ1) is 7.15. The van der Waals surface area contributed by atoms with Crippen LogP contribution in [0.2, 0.25) is 0 Å². The molecule has 2 rings (SSSR count). The van der Waals surface area contributed by atoms with Crippen LogP contribution >= 0.6 is 0 Å². The van der Waals surface area contributed by atoms with Crippen molar-refractivity contribution in [3.63, 3.8) is 0 Å². The fraction of sp³-hybridized carbons (Fsp3) is 0.917. The number of hydrogen-bond donors (Lipinski definition) is 0. The normalized spacial score (nSPS) is 26.1. The minimum atomic E-state index is 0.254. The smallest absolute Gasteiger partial charge is 0.219 e. The van der Waals surface area contributed by atoms with Gasteiger partial charge in [-0.1, -0.05) is 6.92 Å². The third-order valence-corrected chi connectivity index (χ3v) is 4.25. The van der Waals surface area contributed by atoms with E-state index in [0.717, 1.165) is 13.1 Å². The zero-order valence-electron chi connectivity index (χ0n) is 9.96. The quantitative estimate of drug-likeness (QED) is 0.652. The highest BCUT2D eigenvalue weighted by atomic mass is 16.2. The van der Waals surface area contributed by atoms with Gasteiger partial charge in [0.15, 0.2) is 0 Å². The molecule has 0 atom stereocenters. The molecule has 3 nitrogen and oxygen atoms in total. The van der Waals surface area contributed by atoms with Crippen LogP contribution in [0.15, 0.2) is 0 Å². The van der Waals surface area contributed by atoms with E-state index < -0.39 is 0 Å². The van der Waals surface area contributed by atoms with Crippen LogP contribution in [0.3, 0.4) is 0 Å². The lowest BCUT2D eigenvalue weighted by atomic mass is 9.78. The molecule has 1 spiro atoms. The summed E-state index contributed by atoms with van der Waals surface area (Å²) in [5, 5.41) is 0. The van der Waals surface area contributed by atoms with E-state index in [9.17, 15) is 4.79 Å². The van der Waals surface area contributed by atoms with E-state index in [0.29, 0.717) is 5.41 Å². The second-order valence-electron chi connectivity index (χ2n) is 5.12. The van der Waals surface area contributed by atoms with Crippen LogP contribution < -0.4 is 0 Å². The van der Waals surface area contributed by atoms with Gasteiger partial charge >= 0.3 is 0 Å². The lowest BCUT2D eigenvalue weighted by Crippen LogP contribution is -2.41. The van der Waals surface area contributed by atoms with Crippen molar-refractivity contribution in [1.29, 1.82) is 0 Å². The molecular formula is C12H22N2O. The van der Waals surface area contributed by atoms with E-state index in [1.54, 1.807) is 6.92 Å². The average Bonchev–Trinajstić information content (AvgIpc) is 2.64. The van der Waals surface area contributed by atoms with Crippen molar-refractivity contribution in [1.82, 2.24) is 9.80 Å². The Kier molecular flexibility index (Phi) is 3.01. The van der Waals surface area contributed by atoms with Crippen LogP contribution in [-0.2, 0) is 4.79 Å². The maximum Gasteiger partial charge on any atom is 0.219 e. The second-order valence-corrected chi connectivity index (χ2v) is 5.12. The van der Waals surface area contributed by atoms with Crippen molar-refractivity contribution in [2.45, 2.75) is 33.1 Å². The Labute approximate surface area is 92.4 Å². The average molecular weight is 210 g/mol. The first-order valence-corrected chi connectivity index (χ1v) is 6.13. The summed E-state index contributed by atoms with van der Waals surface area (Å²) in [6.07, 6.45) is 3.79. The maximum absolute atomic E-state index is 11.3. The summed E-state index contributed by atoms with van der Waals surface area (Å²) in [5.74, 6) is 0.254. The Morgan fingerprint density at radius 1 is 1.20 bits per heavy atom. The van der Waals surface area contributed by atoms with Gasteiger partial charge in [-0.15, -0.1) is 0 Å². The molecule has 2 fully saturated rings. The SMILES string of the molecule is CCN1CCC2(CC1)CCN(C(C)=O)C2. The van der Waals surface area contributed by atoms with Crippen LogP contribution in [0.4, 0.5) is 0 Å². The number of carbonyl (C=O) groups is 1. The Balaban J connectivity index is 1.92. The predicted molar refractivity (Wildman–Crippen MR) is 60.7 cm³/mol. The van der Waals surface area contributed by atoms with Gasteiger partial charge in [-0.25, -0.2) is 0 Å². The summed E-state index contributed by atoms with van der Waals surface area (Å²) < 4.78 is 0. The molecule has 0 N–H and O–H groups in total. The summed E-state index contributed by atoms with van der Waals surface area (Å²) in [5.41, 5.74) is 0.470. The number of likely N-dealkylation sites (tertiary alicyclic amines) is 2. The Morgan fingerprint density at radius 3 is 2.27 bits per heavy atom. The molecule has 2 heterocycles. The molecule has 0 aromatic rings. The Morgan fingerprint density at radius 2 is 1.80 bits per heavy atom. The first kappa shape index (κ1) is 10.9. The van der Waals surface area contributed by atoms with Gasteiger partial charge in [-0.2, -0.15) is 0 Å². The van der Waals surface area contributed by atoms with Gasteiger partial charge in [0.05, 0.1) is 0 Å². The second kappa shape index (κ2) is 4.12. The minimum Gasteiger partial charge on any atom is -0.342 e. The van der Waals surface area contributed by atoms with Crippen molar-refractivity contribution in [2.75, 3.05) is 32.7 Å². The lowest BCUT2D eigenvalue weighted by molar-refractivity contribution is -0.128. The first-order valence-electron chi connectivity index (χ1n) is 6.13. The molecule has 86 valence electrons. The molecule has 2 aliphatic rings. The van der Waals surface area contributed by atoms with E-state index in [4.69, 9.17) is 0 Å². The predicted octanol–water partition coefficient (Wildman–Crippen LogP) is 1.34. The number of hydrogen-bond acceptors (Lipinski definition) is 2. The maximum atomic E-state index is 11.3. The highest BCUT2D eigenvalue weighted by Crippen LogP contribution is 2.40. The molecule has 0 bridgehead atoms. The van der Waals surface area contributed by atoms with Crippen LogP contribution in [0, 0.1) is 5.41 Å². The molecular weight excluding hydrogens is 188 g/mol. The van der Waals surface area contributed by atoms with E-state index >= 15 is 0 Å². The molecule has 15 heavy (non-hydrogen) atoms. The van der Waals surface area contributed by atoms with Crippen LogP contribution in [-0.4, -0.2) is 48.4 Å². The number of nitrogens with zero attached hydrogens (tertiary/aromatic N) is 2. The van der Waals surface area contributed by atoms with Crippen molar-refractivity contribution >= 4 is 5.91 Å². The van der Waals surface area contributed by atoms with Gasteiger partial charge < -0.3 is 9.80 Å². The fourth-order valence-electron chi connectivity index (χ4n) is 2.96. The number of rotatable bonds is 1. The zero-order chi connectivity index (χ0) is 10.9. The van der Waals surface area contributed by atoms with E-state index in [-0.39, 0.29) is 5.91 Å². The zero-order valence-corrected chi connectivity index (χ0v) is 9.96. The van der Waals surface area contributed by atoms with E-state index in [2.05, 4.69) is 11.8 Å². The summed E-state index contributed by atoms with van der Waals surface area (Å²) in [7, 11) is 0. The van der Waals surface area contributed by atoms with Gasteiger partial charge in [0.1, 0.15) is 0 Å². The third-order valence-electron chi connectivity index (χ3n) is 4.25. The third kappa shape index (κ3) is 2.17. The standard InChI is InChI=1S/C12H22N2O/c1-3-13-7-4-12(5-8-13)6-9-14(10-12)11(2)15/h3-10H2,1-2H3. The van der Waals surface area contributed by atoms with E-state index in [1.165, 1.54) is 38.9 Å². The Hall–Kier alpha value is -0.570. The summed E-state index contributed by atoms with van der Waals surface area (Å²) in [6.45, 7) is 9.55. The molecule has 1 amide bonds. The van der Waals surface area contributed by atoms with Crippen LogP contribution in [0.1, 0.15) is 33.1 Å². The monoisotopic (exact) mass is 210 g/mol. The molecule has 3 heteroatoms. The number of amides is 1. The molecule has 0 radical (unpaired) electrons. The summed E-state index contributed by atoms with van der Waals surface area (Å²) in [6, 6.07) is 0. The van der Waals surface area contributed by atoms with Crippen molar-refractivity contribution < 1.29 is 4.79 Å². The molecule has 0 aromatic heterocycles. The Bertz CT molecular complexity index is 244. The summed E-state index contributed by atoms with van der Waals surface area (Å²) in [4.78, 5) is 15.9. The van der Waals surface area contributed by atoms with Gasteiger partial charge in [0, 0.05) is 20.0 Å². The molecule has 0 saturated carbocycles. The van der Waals surface area contributed by atoms with Crippen molar-refractivity contribution in [3.8, 4) is 0 Å². The van der Waals surface area contributed by atoms with Crippen molar-refractivity contribution in [2.24, 2.45) is 5.41 Å². The van der Waals surface area contributed by atoms with Gasteiger partial charge in [-0.05, 0) is 44.3 Å². The molecule has 2 saturated heterocycles. The fourth-order valence-corrected chi connectivity index (χ4v) is 2.96. The van der Waals surface area contributed by atoms with Gasteiger partial charge in [0.2, 0.25) is 5.91 Å². The number of piperidine rings is 1. The lowest BCUT2D eigenvalue weighted by Gasteiger charge is -2.38. The number of carbonyl (C=O) groups excluding carboxylic acids is 1. The van der Waals surface area contributed by atoms with Crippen LogP contribution in [0.25, 0.3) is 0 Å². The van der Waals surface area contributed by atoms with Gasteiger partial charge in [0.25, 0.3) is 0 Å². The largest absolute Gasteiger partial charge is 0.342 e. The molecule has 0 unspecified atom stereocenters. The summed E-state index contributed by atoms with van der Waals surface area (Å²) >= 11 is 0. The van der Waals surface area contributed by atoms with Crippen molar-refractivity contribution in [3.05, 3.63) is 0 Å². The van der Waals surface area contributed by atoms with Crippen LogP contribution in [0.5, 0.6) is 0 Å². The van der Waals surface area contributed by atoms with Gasteiger partial charge in [-0.3, -0.25) is 4.79 Å². The highest BCUT2D eigenvalue weighted by molar-refractivity contribution is 5.73. The molecule has 0 aromatic carbocycles. The topological polar surface area (TPSA) is 23.6 Å².